The zero-order chi connectivity index (χ0) is 12.3. The van der Waals surface area contributed by atoms with Gasteiger partial charge >= 0.3 is 0 Å². The molecule has 1 heterocycles. The lowest BCUT2D eigenvalue weighted by molar-refractivity contribution is 0.387. The molecule has 84 valence electrons. The largest absolute Gasteiger partial charge is 0.494 e. The zero-order valence-electron chi connectivity index (χ0n) is 9.01. The molecule has 0 atom stereocenters. The average molecular weight is 229 g/mol. The summed E-state index contributed by atoms with van der Waals surface area (Å²) in [6.45, 7) is 0. The van der Waals surface area contributed by atoms with Gasteiger partial charge in [-0.1, -0.05) is 6.07 Å². The maximum atomic E-state index is 13.9. The summed E-state index contributed by atoms with van der Waals surface area (Å²) < 4.78 is 18.8. The fraction of sp³-hybridized carbons (Fsp3) is 0.0833. The molecule has 0 unspecified atom stereocenters. The summed E-state index contributed by atoms with van der Waals surface area (Å²) in [7, 11) is 1.40. The van der Waals surface area contributed by atoms with Crippen LogP contribution in [0.1, 0.15) is 5.69 Å². The summed E-state index contributed by atoms with van der Waals surface area (Å²) in [6.07, 6.45) is 0. The van der Waals surface area contributed by atoms with Crippen molar-refractivity contribution in [3.63, 3.8) is 0 Å². The highest BCUT2D eigenvalue weighted by Crippen LogP contribution is 2.27. The molecule has 1 aromatic carbocycles. The summed E-state index contributed by atoms with van der Waals surface area (Å²) in [5.41, 5.74) is 0.846. The molecule has 0 saturated carbocycles. The number of ether oxygens (including phenoxy) is 1. The Hall–Kier alpha value is -2.48. The van der Waals surface area contributed by atoms with E-state index >= 15 is 0 Å². The molecule has 2 rings (SSSR count). The highest BCUT2D eigenvalue weighted by atomic mass is 19.1. The number of nitrogens with zero attached hydrogens (tertiary/aromatic N) is 3. The van der Waals surface area contributed by atoms with Crippen LogP contribution >= 0.6 is 0 Å². The Balaban J connectivity index is 2.49. The summed E-state index contributed by atoms with van der Waals surface area (Å²) in [4.78, 5) is 0. The molecule has 0 aliphatic heterocycles. The summed E-state index contributed by atoms with van der Waals surface area (Å²) >= 11 is 0. The lowest BCUT2D eigenvalue weighted by atomic mass is 10.1. The summed E-state index contributed by atoms with van der Waals surface area (Å²) in [6, 6.07) is 9.65. The maximum Gasteiger partial charge on any atom is 0.174 e. The predicted octanol–water partition coefficient (Wildman–Crippen LogP) is 2.16. The molecule has 1 aromatic heterocycles. The predicted molar refractivity (Wildman–Crippen MR) is 58.7 cm³/mol. The molecular weight excluding hydrogens is 221 g/mol. The van der Waals surface area contributed by atoms with Crippen molar-refractivity contribution in [2.75, 3.05) is 7.11 Å². The third kappa shape index (κ3) is 2.06. The Morgan fingerprint density at radius 1 is 1.24 bits per heavy atom. The van der Waals surface area contributed by atoms with Crippen molar-refractivity contribution in [2.24, 2.45) is 0 Å². The van der Waals surface area contributed by atoms with E-state index in [9.17, 15) is 4.39 Å². The van der Waals surface area contributed by atoms with Crippen LogP contribution in [0.5, 0.6) is 5.75 Å². The first-order valence-corrected chi connectivity index (χ1v) is 4.83. The van der Waals surface area contributed by atoms with Gasteiger partial charge in [-0.25, -0.2) is 4.39 Å². The molecule has 2 aromatic rings. The van der Waals surface area contributed by atoms with E-state index in [4.69, 9.17) is 10.00 Å². The second-order valence-electron chi connectivity index (χ2n) is 3.24. The van der Waals surface area contributed by atoms with Crippen LogP contribution in [-0.2, 0) is 0 Å². The number of aromatic nitrogens is 2. The molecule has 0 fully saturated rings. The molecule has 17 heavy (non-hydrogen) atoms. The van der Waals surface area contributed by atoms with E-state index in [0.29, 0.717) is 11.3 Å². The zero-order valence-corrected chi connectivity index (χ0v) is 9.01. The Labute approximate surface area is 97.3 Å². The standard InChI is InChI=1S/C12H8FN3O/c1-17-11-4-2-3-9(12(11)13)10-6-5-8(7-14)15-16-10/h2-6H,1H3. The Morgan fingerprint density at radius 2 is 2.06 bits per heavy atom. The molecule has 0 spiro atoms. The van der Waals surface area contributed by atoms with Crippen molar-refractivity contribution in [3.8, 4) is 23.1 Å². The van der Waals surface area contributed by atoms with E-state index in [1.807, 2.05) is 6.07 Å². The van der Waals surface area contributed by atoms with E-state index in [1.165, 1.54) is 19.2 Å². The minimum Gasteiger partial charge on any atom is -0.494 e. The number of methoxy groups -OCH3 is 1. The molecule has 0 aliphatic rings. The summed E-state index contributed by atoms with van der Waals surface area (Å²) in [5, 5.41) is 16.0. The lowest BCUT2D eigenvalue weighted by Gasteiger charge is -2.05. The second kappa shape index (κ2) is 4.58. The molecule has 0 N–H and O–H groups in total. The number of benzene rings is 1. The first-order valence-electron chi connectivity index (χ1n) is 4.83. The second-order valence-corrected chi connectivity index (χ2v) is 3.24. The maximum absolute atomic E-state index is 13.9. The third-order valence-corrected chi connectivity index (χ3v) is 2.24. The first kappa shape index (κ1) is 11.0. The van der Waals surface area contributed by atoms with E-state index in [2.05, 4.69) is 10.2 Å². The highest BCUT2D eigenvalue weighted by molar-refractivity contribution is 5.62. The topological polar surface area (TPSA) is 58.8 Å². The molecule has 5 heteroatoms. The smallest absolute Gasteiger partial charge is 0.174 e. The molecule has 0 aliphatic carbocycles. The van der Waals surface area contributed by atoms with Gasteiger partial charge in [-0.05, 0) is 24.3 Å². The van der Waals surface area contributed by atoms with E-state index in [1.54, 1.807) is 18.2 Å². The van der Waals surface area contributed by atoms with E-state index < -0.39 is 5.82 Å². The van der Waals surface area contributed by atoms with Gasteiger partial charge in [0.25, 0.3) is 0 Å². The van der Waals surface area contributed by atoms with Crippen molar-refractivity contribution in [1.29, 1.82) is 5.26 Å². The highest BCUT2D eigenvalue weighted by Gasteiger charge is 2.11. The molecule has 0 radical (unpaired) electrons. The van der Waals surface area contributed by atoms with E-state index in [-0.39, 0.29) is 11.4 Å². The van der Waals surface area contributed by atoms with Crippen molar-refractivity contribution in [2.45, 2.75) is 0 Å². The van der Waals surface area contributed by atoms with Crippen LogP contribution in [0.15, 0.2) is 30.3 Å². The van der Waals surface area contributed by atoms with Crippen LogP contribution in [0.25, 0.3) is 11.3 Å². The van der Waals surface area contributed by atoms with Crippen LogP contribution in [-0.4, -0.2) is 17.3 Å². The van der Waals surface area contributed by atoms with Gasteiger partial charge in [0, 0.05) is 5.56 Å². The van der Waals surface area contributed by atoms with Gasteiger partial charge in [-0.3, -0.25) is 0 Å². The fourth-order valence-electron chi connectivity index (χ4n) is 1.40. The Bertz CT molecular complexity index is 575. The minimum atomic E-state index is -0.492. The Morgan fingerprint density at radius 3 is 2.65 bits per heavy atom. The minimum absolute atomic E-state index is 0.147. The van der Waals surface area contributed by atoms with Crippen molar-refractivity contribution < 1.29 is 9.13 Å². The van der Waals surface area contributed by atoms with Crippen molar-refractivity contribution in [3.05, 3.63) is 41.8 Å². The molecule has 0 bridgehead atoms. The van der Waals surface area contributed by atoms with Crippen LogP contribution in [0.2, 0.25) is 0 Å². The van der Waals surface area contributed by atoms with Crippen LogP contribution < -0.4 is 4.74 Å². The average Bonchev–Trinajstić information content (AvgIpc) is 2.39. The number of rotatable bonds is 2. The third-order valence-electron chi connectivity index (χ3n) is 2.24. The number of nitriles is 1. The Kier molecular flexibility index (Phi) is 2.97. The quantitative estimate of drug-likeness (QED) is 0.791. The molecule has 4 nitrogen and oxygen atoms in total. The van der Waals surface area contributed by atoms with Crippen LogP contribution in [0.3, 0.4) is 0 Å². The molecule has 0 saturated heterocycles. The SMILES string of the molecule is COc1cccc(-c2ccc(C#N)nn2)c1F. The van der Waals surface area contributed by atoms with Gasteiger partial charge in [0.1, 0.15) is 6.07 Å². The lowest BCUT2D eigenvalue weighted by Crippen LogP contribution is -1.95. The van der Waals surface area contributed by atoms with Crippen molar-refractivity contribution >= 4 is 0 Å². The van der Waals surface area contributed by atoms with Gasteiger partial charge in [0.05, 0.1) is 12.8 Å². The number of hydrogen-bond donors (Lipinski definition) is 0. The van der Waals surface area contributed by atoms with Crippen LogP contribution in [0, 0.1) is 17.1 Å². The molecule has 0 amide bonds. The van der Waals surface area contributed by atoms with Gasteiger partial charge in [0.2, 0.25) is 0 Å². The van der Waals surface area contributed by atoms with Crippen molar-refractivity contribution in [1.82, 2.24) is 10.2 Å². The number of halogens is 1. The molecular formula is C12H8FN3O. The summed E-state index contributed by atoms with van der Waals surface area (Å²) in [5.74, 6) is -0.345. The van der Waals surface area contributed by atoms with Gasteiger partial charge < -0.3 is 4.74 Å². The monoisotopic (exact) mass is 229 g/mol. The number of hydrogen-bond acceptors (Lipinski definition) is 4. The van der Waals surface area contributed by atoms with Gasteiger partial charge in [-0.2, -0.15) is 5.26 Å². The van der Waals surface area contributed by atoms with Crippen LogP contribution in [0.4, 0.5) is 4.39 Å². The normalized spacial score (nSPS) is 9.71. The first-order chi connectivity index (χ1) is 8.26. The van der Waals surface area contributed by atoms with Gasteiger partial charge in [-0.15, -0.1) is 10.2 Å². The van der Waals surface area contributed by atoms with E-state index in [0.717, 1.165) is 0 Å². The fourth-order valence-corrected chi connectivity index (χ4v) is 1.40. The van der Waals surface area contributed by atoms with Gasteiger partial charge in [0.15, 0.2) is 17.3 Å².